The first-order valence-corrected chi connectivity index (χ1v) is 6.50. The molecular weight excluding hydrogens is 282 g/mol. The Morgan fingerprint density at radius 1 is 1.55 bits per heavy atom. The second-order valence-electron chi connectivity index (χ2n) is 4.92. The summed E-state index contributed by atoms with van der Waals surface area (Å²) in [6.45, 7) is 0.378. The molecule has 20 heavy (non-hydrogen) atoms. The van der Waals surface area contributed by atoms with Crippen molar-refractivity contribution in [1.29, 1.82) is 5.26 Å². The topological polar surface area (TPSA) is 79.6 Å². The molecule has 0 atom stereocenters. The van der Waals surface area contributed by atoms with Gasteiger partial charge < -0.3 is 14.6 Å². The summed E-state index contributed by atoms with van der Waals surface area (Å²) in [5.41, 5.74) is -0.0495. The van der Waals surface area contributed by atoms with Crippen molar-refractivity contribution in [3.05, 3.63) is 22.7 Å². The fourth-order valence-electron chi connectivity index (χ4n) is 1.93. The van der Waals surface area contributed by atoms with E-state index in [0.29, 0.717) is 18.8 Å². The maximum absolute atomic E-state index is 11.0. The van der Waals surface area contributed by atoms with Crippen LogP contribution in [0, 0.1) is 16.7 Å². The Balaban J connectivity index is 2.19. The number of nitriles is 1. The highest BCUT2D eigenvalue weighted by Gasteiger charge is 2.43. The number of ether oxygens (including phenoxy) is 2. The quantitative estimate of drug-likeness (QED) is 0.872. The standard InChI is InChI=1S/C14H14ClNO4/c1-19-11-7-9(13(17)18)6-10(15)12(11)20-8-14(2-3-14)4-5-16/h6-7H,2-4,8H2,1H3,(H,17,18). The number of benzene rings is 1. The van der Waals surface area contributed by atoms with E-state index in [1.165, 1.54) is 19.2 Å². The molecule has 0 aliphatic heterocycles. The summed E-state index contributed by atoms with van der Waals surface area (Å²) in [7, 11) is 1.42. The molecule has 2 rings (SSSR count). The summed E-state index contributed by atoms with van der Waals surface area (Å²) in [5.74, 6) is -0.481. The van der Waals surface area contributed by atoms with E-state index in [2.05, 4.69) is 6.07 Å². The zero-order valence-corrected chi connectivity index (χ0v) is 11.7. The maximum atomic E-state index is 11.0. The van der Waals surface area contributed by atoms with Crippen LogP contribution in [0.25, 0.3) is 0 Å². The first-order valence-electron chi connectivity index (χ1n) is 6.12. The number of carbonyl (C=O) groups is 1. The van der Waals surface area contributed by atoms with Gasteiger partial charge in [0, 0.05) is 11.8 Å². The first kappa shape index (κ1) is 14.5. The molecule has 1 saturated carbocycles. The van der Waals surface area contributed by atoms with Gasteiger partial charge in [-0.25, -0.2) is 4.79 Å². The van der Waals surface area contributed by atoms with Crippen LogP contribution in [0.5, 0.6) is 11.5 Å². The Labute approximate surface area is 121 Å². The first-order chi connectivity index (χ1) is 9.51. The Hall–Kier alpha value is -1.93. The highest BCUT2D eigenvalue weighted by atomic mass is 35.5. The molecule has 0 heterocycles. The van der Waals surface area contributed by atoms with Crippen molar-refractivity contribution < 1.29 is 19.4 Å². The molecule has 0 radical (unpaired) electrons. The molecule has 0 unspecified atom stereocenters. The van der Waals surface area contributed by atoms with Crippen LogP contribution in [0.3, 0.4) is 0 Å². The zero-order valence-electron chi connectivity index (χ0n) is 11.0. The van der Waals surface area contributed by atoms with Gasteiger partial charge in [0.2, 0.25) is 0 Å². The second-order valence-corrected chi connectivity index (χ2v) is 5.33. The number of rotatable bonds is 6. The predicted molar refractivity (Wildman–Crippen MR) is 72.4 cm³/mol. The van der Waals surface area contributed by atoms with E-state index < -0.39 is 5.97 Å². The molecule has 1 aliphatic rings. The Morgan fingerprint density at radius 2 is 2.25 bits per heavy atom. The lowest BCUT2D eigenvalue weighted by Gasteiger charge is -2.16. The van der Waals surface area contributed by atoms with Gasteiger partial charge in [0.15, 0.2) is 11.5 Å². The van der Waals surface area contributed by atoms with Gasteiger partial charge in [-0.3, -0.25) is 0 Å². The molecule has 1 fully saturated rings. The third-order valence-corrected chi connectivity index (χ3v) is 3.69. The SMILES string of the molecule is COc1cc(C(=O)O)cc(Cl)c1OCC1(CC#N)CC1. The number of carboxylic acids is 1. The fraction of sp³-hybridized carbons (Fsp3) is 0.429. The van der Waals surface area contributed by atoms with E-state index in [4.69, 9.17) is 31.4 Å². The summed E-state index contributed by atoms with van der Waals surface area (Å²) in [4.78, 5) is 11.0. The van der Waals surface area contributed by atoms with Crippen LogP contribution in [0.15, 0.2) is 12.1 Å². The van der Waals surface area contributed by atoms with Crippen LogP contribution in [0.2, 0.25) is 5.02 Å². The summed E-state index contributed by atoms with van der Waals surface area (Å²) < 4.78 is 10.8. The lowest BCUT2D eigenvalue weighted by atomic mass is 10.1. The molecule has 1 aromatic carbocycles. The van der Waals surface area contributed by atoms with Gasteiger partial charge in [0.25, 0.3) is 0 Å². The molecule has 0 spiro atoms. The van der Waals surface area contributed by atoms with Crippen molar-refractivity contribution in [3.8, 4) is 17.6 Å². The molecular formula is C14H14ClNO4. The average Bonchev–Trinajstić information content (AvgIpc) is 3.17. The van der Waals surface area contributed by atoms with Gasteiger partial charge in [0.05, 0.1) is 30.4 Å². The number of nitrogens with zero attached hydrogens (tertiary/aromatic N) is 1. The van der Waals surface area contributed by atoms with Crippen molar-refractivity contribution in [3.63, 3.8) is 0 Å². The van der Waals surface area contributed by atoms with Crippen LogP contribution in [-0.2, 0) is 0 Å². The smallest absolute Gasteiger partial charge is 0.335 e. The van der Waals surface area contributed by atoms with Gasteiger partial charge >= 0.3 is 5.97 Å². The van der Waals surface area contributed by atoms with Gasteiger partial charge in [-0.05, 0) is 25.0 Å². The number of carboxylic acid groups (broad SMARTS) is 1. The van der Waals surface area contributed by atoms with Gasteiger partial charge in [-0.2, -0.15) is 5.26 Å². The Bertz CT molecular complexity index is 575. The number of halogens is 1. The van der Waals surface area contributed by atoms with E-state index in [9.17, 15) is 4.79 Å². The molecule has 1 N–H and O–H groups in total. The van der Waals surface area contributed by atoms with Gasteiger partial charge in [-0.15, -0.1) is 0 Å². The predicted octanol–water partition coefficient (Wildman–Crippen LogP) is 3.12. The molecule has 0 amide bonds. The molecule has 1 aromatic rings. The van der Waals surface area contributed by atoms with E-state index in [1.54, 1.807) is 0 Å². The molecule has 0 bridgehead atoms. The van der Waals surface area contributed by atoms with Crippen LogP contribution < -0.4 is 9.47 Å². The minimum absolute atomic E-state index is 0.0392. The van der Waals surface area contributed by atoms with Crippen molar-refractivity contribution in [1.82, 2.24) is 0 Å². The number of hydrogen-bond donors (Lipinski definition) is 1. The lowest BCUT2D eigenvalue weighted by Crippen LogP contribution is -2.13. The van der Waals surface area contributed by atoms with E-state index in [0.717, 1.165) is 12.8 Å². The maximum Gasteiger partial charge on any atom is 0.335 e. The summed E-state index contributed by atoms with van der Waals surface area (Å²) in [6.07, 6.45) is 2.35. The third-order valence-electron chi connectivity index (χ3n) is 3.41. The largest absolute Gasteiger partial charge is 0.493 e. The third kappa shape index (κ3) is 2.97. The number of aromatic carboxylic acids is 1. The Morgan fingerprint density at radius 3 is 2.75 bits per heavy atom. The summed E-state index contributed by atoms with van der Waals surface area (Å²) in [6, 6.07) is 4.85. The van der Waals surface area contributed by atoms with Gasteiger partial charge in [0.1, 0.15) is 0 Å². The number of methoxy groups -OCH3 is 1. The summed E-state index contributed by atoms with van der Waals surface area (Å²) >= 11 is 6.05. The molecule has 6 heteroatoms. The minimum Gasteiger partial charge on any atom is -0.493 e. The van der Waals surface area contributed by atoms with Crippen molar-refractivity contribution in [2.45, 2.75) is 19.3 Å². The molecule has 0 aromatic heterocycles. The monoisotopic (exact) mass is 295 g/mol. The van der Waals surface area contributed by atoms with Crippen LogP contribution in [0.1, 0.15) is 29.6 Å². The van der Waals surface area contributed by atoms with E-state index in [1.807, 2.05) is 0 Å². The normalized spacial score (nSPS) is 15.2. The van der Waals surface area contributed by atoms with E-state index in [-0.39, 0.29) is 21.8 Å². The molecule has 1 aliphatic carbocycles. The molecule has 0 saturated heterocycles. The van der Waals surface area contributed by atoms with Crippen LogP contribution >= 0.6 is 11.6 Å². The lowest BCUT2D eigenvalue weighted by molar-refractivity contribution is 0.0696. The number of hydrogen-bond acceptors (Lipinski definition) is 4. The highest BCUT2D eigenvalue weighted by Crippen LogP contribution is 2.49. The van der Waals surface area contributed by atoms with Gasteiger partial charge in [-0.1, -0.05) is 11.6 Å². The molecule has 5 nitrogen and oxygen atoms in total. The highest BCUT2D eigenvalue weighted by molar-refractivity contribution is 6.32. The second kappa shape index (κ2) is 5.59. The van der Waals surface area contributed by atoms with Crippen molar-refractivity contribution in [2.24, 2.45) is 5.41 Å². The summed E-state index contributed by atoms with van der Waals surface area (Å²) in [5, 5.41) is 17.9. The van der Waals surface area contributed by atoms with Crippen molar-refractivity contribution in [2.75, 3.05) is 13.7 Å². The van der Waals surface area contributed by atoms with Crippen LogP contribution in [-0.4, -0.2) is 24.8 Å². The average molecular weight is 296 g/mol. The molecule has 106 valence electrons. The fourth-order valence-corrected chi connectivity index (χ4v) is 2.19. The van der Waals surface area contributed by atoms with E-state index >= 15 is 0 Å². The minimum atomic E-state index is -1.08. The van der Waals surface area contributed by atoms with Crippen molar-refractivity contribution >= 4 is 17.6 Å². The van der Waals surface area contributed by atoms with Crippen LogP contribution in [0.4, 0.5) is 0 Å². The zero-order chi connectivity index (χ0) is 14.8. The Kier molecular flexibility index (Phi) is 4.05.